The fourth-order valence-electron chi connectivity index (χ4n) is 1.80. The predicted octanol–water partition coefficient (Wildman–Crippen LogP) is 3.49. The van der Waals surface area contributed by atoms with Gasteiger partial charge in [-0.1, -0.05) is 12.1 Å². The maximum atomic E-state index is 5.73. The van der Waals surface area contributed by atoms with Gasteiger partial charge in [0.25, 0.3) is 0 Å². The van der Waals surface area contributed by atoms with Gasteiger partial charge >= 0.3 is 0 Å². The second-order valence-electron chi connectivity index (χ2n) is 4.72. The molecule has 1 aromatic carbocycles. The Hall–Kier alpha value is -2.23. The lowest BCUT2D eigenvalue weighted by Crippen LogP contribution is -2.09. The van der Waals surface area contributed by atoms with E-state index in [9.17, 15) is 0 Å². The highest BCUT2D eigenvalue weighted by molar-refractivity contribution is 5.50. The molecule has 106 valence electrons. The highest BCUT2D eigenvalue weighted by atomic mass is 16.5. The zero-order valence-electron chi connectivity index (χ0n) is 12.1. The molecule has 0 unspecified atom stereocenters. The molecule has 0 aliphatic heterocycles. The third-order valence-corrected chi connectivity index (χ3v) is 2.75. The molecule has 1 heterocycles. The van der Waals surface area contributed by atoms with Crippen molar-refractivity contribution in [1.82, 2.24) is 4.98 Å². The molecular weight excluding hydrogens is 252 g/mol. The van der Waals surface area contributed by atoms with Crippen LogP contribution in [0, 0.1) is 0 Å². The molecule has 4 heteroatoms. The minimum Gasteiger partial charge on any atom is -0.497 e. The zero-order chi connectivity index (χ0) is 14.4. The lowest BCUT2D eigenvalue weighted by Gasteiger charge is -2.14. The average Bonchev–Trinajstić information content (AvgIpc) is 2.46. The molecule has 0 spiro atoms. The molecule has 2 rings (SSSR count). The van der Waals surface area contributed by atoms with E-state index in [2.05, 4.69) is 10.3 Å². The second kappa shape index (κ2) is 6.80. The highest BCUT2D eigenvalue weighted by Crippen LogP contribution is 2.23. The molecule has 4 nitrogen and oxygen atoms in total. The van der Waals surface area contributed by atoms with Crippen LogP contribution in [0.25, 0.3) is 0 Å². The van der Waals surface area contributed by atoms with E-state index >= 15 is 0 Å². The summed E-state index contributed by atoms with van der Waals surface area (Å²) in [7, 11) is 1.66. The Labute approximate surface area is 119 Å². The zero-order valence-corrected chi connectivity index (χ0v) is 12.1. The molecule has 20 heavy (non-hydrogen) atoms. The first-order valence-corrected chi connectivity index (χ1v) is 6.67. The lowest BCUT2D eigenvalue weighted by atomic mass is 10.2. The molecular formula is C16H20N2O2. The van der Waals surface area contributed by atoms with E-state index < -0.39 is 0 Å². The van der Waals surface area contributed by atoms with Gasteiger partial charge in [-0.3, -0.25) is 0 Å². The van der Waals surface area contributed by atoms with Gasteiger partial charge in [0.2, 0.25) is 0 Å². The van der Waals surface area contributed by atoms with Crippen molar-refractivity contribution in [3.05, 3.63) is 48.2 Å². The molecule has 0 fully saturated rings. The second-order valence-corrected chi connectivity index (χ2v) is 4.72. The van der Waals surface area contributed by atoms with Crippen molar-refractivity contribution in [2.45, 2.75) is 26.5 Å². The van der Waals surface area contributed by atoms with Crippen molar-refractivity contribution in [2.24, 2.45) is 0 Å². The number of hydrogen-bond donors (Lipinski definition) is 1. The van der Waals surface area contributed by atoms with Gasteiger partial charge in [0.1, 0.15) is 5.75 Å². The summed E-state index contributed by atoms with van der Waals surface area (Å²) in [6.45, 7) is 4.69. The maximum absolute atomic E-state index is 5.73. The van der Waals surface area contributed by atoms with E-state index in [1.54, 1.807) is 13.3 Å². The Morgan fingerprint density at radius 2 is 1.90 bits per heavy atom. The Bertz CT molecular complexity index is 538. The molecule has 2 aromatic rings. The number of nitrogens with zero attached hydrogens (tertiary/aromatic N) is 1. The summed E-state index contributed by atoms with van der Waals surface area (Å²) < 4.78 is 10.9. The topological polar surface area (TPSA) is 43.4 Å². The molecule has 1 N–H and O–H groups in total. The number of methoxy groups -OCH3 is 1. The van der Waals surface area contributed by atoms with Gasteiger partial charge in [0.15, 0.2) is 11.6 Å². The molecule has 1 aromatic heterocycles. The van der Waals surface area contributed by atoms with Crippen molar-refractivity contribution < 1.29 is 9.47 Å². The summed E-state index contributed by atoms with van der Waals surface area (Å²) in [4.78, 5) is 4.32. The van der Waals surface area contributed by atoms with Gasteiger partial charge in [-0.25, -0.2) is 4.98 Å². The standard InChI is InChI=1S/C16H20N2O2/c1-12(2)20-15-5-4-10-17-16(15)18-11-13-6-8-14(19-3)9-7-13/h4-10,12H,11H2,1-3H3,(H,17,18). The van der Waals surface area contributed by atoms with Crippen LogP contribution in [0.2, 0.25) is 0 Å². The molecule has 0 saturated carbocycles. The minimum absolute atomic E-state index is 0.126. The van der Waals surface area contributed by atoms with E-state index in [1.807, 2.05) is 50.2 Å². The summed E-state index contributed by atoms with van der Waals surface area (Å²) in [6.07, 6.45) is 1.88. The van der Waals surface area contributed by atoms with Crippen LogP contribution in [0.15, 0.2) is 42.6 Å². The molecule has 0 radical (unpaired) electrons. The first kappa shape index (κ1) is 14.2. The van der Waals surface area contributed by atoms with Gasteiger partial charge in [0, 0.05) is 12.7 Å². The normalized spacial score (nSPS) is 10.4. The molecule has 0 amide bonds. The van der Waals surface area contributed by atoms with Crippen LogP contribution in [0.3, 0.4) is 0 Å². The summed E-state index contributed by atoms with van der Waals surface area (Å²) in [5.74, 6) is 2.39. The number of aromatic nitrogens is 1. The number of hydrogen-bond acceptors (Lipinski definition) is 4. The Morgan fingerprint density at radius 3 is 2.55 bits per heavy atom. The smallest absolute Gasteiger partial charge is 0.169 e. The molecule has 0 saturated heterocycles. The SMILES string of the molecule is COc1ccc(CNc2ncccc2OC(C)C)cc1. The number of rotatable bonds is 6. The van der Waals surface area contributed by atoms with Crippen molar-refractivity contribution >= 4 is 5.82 Å². The van der Waals surface area contributed by atoms with Gasteiger partial charge in [-0.05, 0) is 43.7 Å². The lowest BCUT2D eigenvalue weighted by molar-refractivity contribution is 0.243. The Balaban J connectivity index is 2.02. The number of nitrogens with one attached hydrogen (secondary N) is 1. The predicted molar refractivity (Wildman–Crippen MR) is 80.3 cm³/mol. The first-order chi connectivity index (χ1) is 9.69. The van der Waals surface area contributed by atoms with Crippen LogP contribution < -0.4 is 14.8 Å². The summed E-state index contributed by atoms with van der Waals surface area (Å²) in [5.41, 5.74) is 1.16. The number of pyridine rings is 1. The molecule has 0 aliphatic carbocycles. The number of ether oxygens (including phenoxy) is 2. The minimum atomic E-state index is 0.126. The first-order valence-electron chi connectivity index (χ1n) is 6.67. The van der Waals surface area contributed by atoms with Crippen molar-refractivity contribution in [1.29, 1.82) is 0 Å². The third kappa shape index (κ3) is 3.88. The third-order valence-electron chi connectivity index (χ3n) is 2.75. The van der Waals surface area contributed by atoms with Crippen LogP contribution in [-0.2, 0) is 6.54 Å². The van der Waals surface area contributed by atoms with Crippen molar-refractivity contribution in [3.63, 3.8) is 0 Å². The Kier molecular flexibility index (Phi) is 4.82. The summed E-state index contributed by atoms with van der Waals surface area (Å²) in [5, 5.41) is 3.30. The number of benzene rings is 1. The van der Waals surface area contributed by atoms with E-state index in [-0.39, 0.29) is 6.10 Å². The maximum Gasteiger partial charge on any atom is 0.169 e. The summed E-state index contributed by atoms with van der Waals surface area (Å²) in [6, 6.07) is 11.7. The fraction of sp³-hybridized carbons (Fsp3) is 0.312. The van der Waals surface area contributed by atoms with Crippen LogP contribution in [0.5, 0.6) is 11.5 Å². The van der Waals surface area contributed by atoms with Crippen LogP contribution >= 0.6 is 0 Å². The van der Waals surface area contributed by atoms with E-state index in [4.69, 9.17) is 9.47 Å². The number of anilines is 1. The van der Waals surface area contributed by atoms with Gasteiger partial charge in [0.05, 0.1) is 13.2 Å². The monoisotopic (exact) mass is 272 g/mol. The largest absolute Gasteiger partial charge is 0.497 e. The summed E-state index contributed by atoms with van der Waals surface area (Å²) >= 11 is 0. The average molecular weight is 272 g/mol. The van der Waals surface area contributed by atoms with Crippen LogP contribution in [0.4, 0.5) is 5.82 Å². The van der Waals surface area contributed by atoms with Gasteiger partial charge < -0.3 is 14.8 Å². The van der Waals surface area contributed by atoms with E-state index in [1.165, 1.54) is 0 Å². The molecule has 0 bridgehead atoms. The Morgan fingerprint density at radius 1 is 1.15 bits per heavy atom. The van der Waals surface area contributed by atoms with Crippen molar-refractivity contribution in [3.8, 4) is 11.5 Å². The van der Waals surface area contributed by atoms with E-state index in [0.29, 0.717) is 6.54 Å². The molecule has 0 atom stereocenters. The molecule has 0 aliphatic rings. The highest BCUT2D eigenvalue weighted by Gasteiger charge is 2.06. The quantitative estimate of drug-likeness (QED) is 0.874. The fourth-order valence-corrected chi connectivity index (χ4v) is 1.80. The van der Waals surface area contributed by atoms with E-state index in [0.717, 1.165) is 22.9 Å². The van der Waals surface area contributed by atoms with Crippen LogP contribution in [0.1, 0.15) is 19.4 Å². The van der Waals surface area contributed by atoms with Crippen LogP contribution in [-0.4, -0.2) is 18.2 Å². The van der Waals surface area contributed by atoms with Gasteiger partial charge in [-0.15, -0.1) is 0 Å². The van der Waals surface area contributed by atoms with Crippen molar-refractivity contribution in [2.75, 3.05) is 12.4 Å². The van der Waals surface area contributed by atoms with Gasteiger partial charge in [-0.2, -0.15) is 0 Å².